The molecule has 5 nitrogen and oxygen atoms in total. The van der Waals surface area contributed by atoms with E-state index in [1.165, 1.54) is 0 Å². The molecule has 0 heterocycles. The Bertz CT molecular complexity index is 553. The number of carbonyl (C=O) groups is 2. The summed E-state index contributed by atoms with van der Waals surface area (Å²) in [4.78, 5) is 26.7. The molecule has 0 aliphatic heterocycles. The monoisotopic (exact) mass is 304 g/mol. The molecule has 120 valence electrons. The van der Waals surface area contributed by atoms with Gasteiger partial charge in [0.15, 0.2) is 0 Å². The summed E-state index contributed by atoms with van der Waals surface area (Å²) in [5.41, 5.74) is -0.217. The van der Waals surface area contributed by atoms with Crippen LogP contribution in [0.25, 0.3) is 0 Å². The van der Waals surface area contributed by atoms with Crippen molar-refractivity contribution in [1.29, 1.82) is 0 Å². The molecule has 1 fully saturated rings. The number of amides is 2. The zero-order valence-corrected chi connectivity index (χ0v) is 13.5. The van der Waals surface area contributed by atoms with Crippen LogP contribution in [0.5, 0.6) is 5.75 Å². The molecule has 1 N–H and O–H groups in total. The lowest BCUT2D eigenvalue weighted by Crippen LogP contribution is -2.41. The Morgan fingerprint density at radius 2 is 2.09 bits per heavy atom. The number of benzene rings is 1. The lowest BCUT2D eigenvalue weighted by atomic mass is 10.0. The number of unbranched alkanes of at least 4 members (excludes halogenated alkanes) is 1. The van der Waals surface area contributed by atoms with E-state index < -0.39 is 5.41 Å². The molecule has 0 atom stereocenters. The Morgan fingerprint density at radius 3 is 2.68 bits per heavy atom. The van der Waals surface area contributed by atoms with Crippen LogP contribution in [-0.4, -0.2) is 37.4 Å². The first-order chi connectivity index (χ1) is 10.5. The third-order valence-electron chi connectivity index (χ3n) is 4.12. The first kappa shape index (κ1) is 16.3. The van der Waals surface area contributed by atoms with Gasteiger partial charge in [0.25, 0.3) is 0 Å². The van der Waals surface area contributed by atoms with E-state index in [9.17, 15) is 9.59 Å². The van der Waals surface area contributed by atoms with Crippen molar-refractivity contribution in [2.75, 3.05) is 26.0 Å². The van der Waals surface area contributed by atoms with Crippen LogP contribution in [0, 0.1) is 5.41 Å². The van der Waals surface area contributed by atoms with Gasteiger partial charge < -0.3 is 15.0 Å². The molecule has 1 aromatic carbocycles. The normalized spacial score (nSPS) is 15.0. The number of rotatable bonds is 7. The summed E-state index contributed by atoms with van der Waals surface area (Å²) in [6.45, 7) is 2.78. The maximum atomic E-state index is 12.5. The number of methoxy groups -OCH3 is 1. The fraction of sp³-hybridized carbons (Fsp3) is 0.529. The summed E-state index contributed by atoms with van der Waals surface area (Å²) < 4.78 is 5.14. The quantitative estimate of drug-likeness (QED) is 0.788. The summed E-state index contributed by atoms with van der Waals surface area (Å²) in [5.74, 6) is 0.393. The van der Waals surface area contributed by atoms with Crippen molar-refractivity contribution < 1.29 is 14.3 Å². The second-order valence-corrected chi connectivity index (χ2v) is 5.85. The van der Waals surface area contributed by atoms with E-state index in [-0.39, 0.29) is 11.8 Å². The molecule has 2 rings (SSSR count). The molecule has 0 radical (unpaired) electrons. The smallest absolute Gasteiger partial charge is 0.240 e. The molecule has 1 aliphatic rings. The Hall–Kier alpha value is -2.04. The van der Waals surface area contributed by atoms with Gasteiger partial charge in [0.05, 0.1) is 7.11 Å². The van der Waals surface area contributed by atoms with Crippen molar-refractivity contribution in [3.05, 3.63) is 24.3 Å². The lowest BCUT2D eigenvalue weighted by Gasteiger charge is -2.23. The van der Waals surface area contributed by atoms with Gasteiger partial charge in [-0.25, -0.2) is 0 Å². The second-order valence-electron chi connectivity index (χ2n) is 5.85. The number of ether oxygens (including phenoxy) is 1. The van der Waals surface area contributed by atoms with Crippen LogP contribution in [0.3, 0.4) is 0 Å². The van der Waals surface area contributed by atoms with Crippen LogP contribution in [0.15, 0.2) is 24.3 Å². The van der Waals surface area contributed by atoms with Crippen molar-refractivity contribution in [1.82, 2.24) is 4.90 Å². The minimum absolute atomic E-state index is 0.0682. The van der Waals surface area contributed by atoms with Crippen LogP contribution in [-0.2, 0) is 9.59 Å². The van der Waals surface area contributed by atoms with Crippen molar-refractivity contribution in [2.24, 2.45) is 5.41 Å². The molecule has 1 aliphatic carbocycles. The summed E-state index contributed by atoms with van der Waals surface area (Å²) >= 11 is 0. The van der Waals surface area contributed by atoms with Crippen LogP contribution >= 0.6 is 0 Å². The van der Waals surface area contributed by atoms with E-state index in [1.54, 1.807) is 31.2 Å². The number of carbonyl (C=O) groups excluding carboxylic acids is 2. The molecule has 22 heavy (non-hydrogen) atoms. The van der Waals surface area contributed by atoms with Crippen molar-refractivity contribution >= 4 is 17.5 Å². The fourth-order valence-corrected chi connectivity index (χ4v) is 2.48. The highest BCUT2D eigenvalue weighted by molar-refractivity contribution is 6.13. The summed E-state index contributed by atoms with van der Waals surface area (Å²) in [6, 6.07) is 7.16. The van der Waals surface area contributed by atoms with Crippen LogP contribution in [0.4, 0.5) is 5.69 Å². The van der Waals surface area contributed by atoms with Crippen molar-refractivity contribution in [3.63, 3.8) is 0 Å². The van der Waals surface area contributed by atoms with Gasteiger partial charge in [0, 0.05) is 25.3 Å². The highest BCUT2D eigenvalue weighted by atomic mass is 16.5. The second kappa shape index (κ2) is 6.81. The minimum Gasteiger partial charge on any atom is -0.497 e. The standard InChI is InChI=1S/C17H24N2O3/c1-4-5-11-19(2)16(21)17(9-10-17)15(20)18-13-7-6-8-14(12-13)22-3/h6-8,12H,4-5,9-11H2,1-3H3,(H,18,20). The lowest BCUT2D eigenvalue weighted by molar-refractivity contribution is -0.141. The first-order valence-electron chi connectivity index (χ1n) is 7.74. The van der Waals surface area contributed by atoms with Crippen LogP contribution < -0.4 is 10.1 Å². The molecule has 1 aromatic rings. The number of anilines is 1. The molecule has 0 spiro atoms. The summed E-state index contributed by atoms with van der Waals surface area (Å²) in [6.07, 6.45) is 3.23. The average Bonchev–Trinajstić information content (AvgIpc) is 3.33. The SMILES string of the molecule is CCCCN(C)C(=O)C1(C(=O)Nc2cccc(OC)c2)CC1. The van der Waals surface area contributed by atoms with Gasteiger partial charge in [-0.05, 0) is 31.4 Å². The minimum atomic E-state index is -0.869. The Kier molecular flexibility index (Phi) is 5.06. The van der Waals surface area contributed by atoms with E-state index in [1.807, 2.05) is 12.1 Å². The average molecular weight is 304 g/mol. The van der Waals surface area contributed by atoms with Crippen LogP contribution in [0.1, 0.15) is 32.6 Å². The molecular weight excluding hydrogens is 280 g/mol. The van der Waals surface area contributed by atoms with Crippen molar-refractivity contribution in [2.45, 2.75) is 32.6 Å². The maximum absolute atomic E-state index is 12.5. The number of hydrogen-bond acceptors (Lipinski definition) is 3. The highest BCUT2D eigenvalue weighted by Gasteiger charge is 2.57. The van der Waals surface area contributed by atoms with Gasteiger partial charge in [-0.1, -0.05) is 19.4 Å². The molecule has 1 saturated carbocycles. The van der Waals surface area contributed by atoms with Gasteiger partial charge in [0.2, 0.25) is 11.8 Å². The van der Waals surface area contributed by atoms with Gasteiger partial charge >= 0.3 is 0 Å². The Labute approximate surface area is 131 Å². The van der Waals surface area contributed by atoms with Crippen molar-refractivity contribution in [3.8, 4) is 5.75 Å². The van der Waals surface area contributed by atoms with E-state index in [4.69, 9.17) is 4.74 Å². The largest absolute Gasteiger partial charge is 0.497 e. The molecule has 0 bridgehead atoms. The Morgan fingerprint density at radius 1 is 1.36 bits per heavy atom. The first-order valence-corrected chi connectivity index (χ1v) is 7.74. The zero-order chi connectivity index (χ0) is 16.2. The third kappa shape index (κ3) is 3.40. The molecule has 2 amide bonds. The van der Waals surface area contributed by atoms with Gasteiger partial charge in [0.1, 0.15) is 11.2 Å². The van der Waals surface area contributed by atoms with Gasteiger partial charge in [-0.3, -0.25) is 9.59 Å². The van der Waals surface area contributed by atoms with E-state index in [0.29, 0.717) is 30.8 Å². The molecule has 0 unspecified atom stereocenters. The predicted octanol–water partition coefficient (Wildman–Crippen LogP) is 2.67. The van der Waals surface area contributed by atoms with Gasteiger partial charge in [-0.15, -0.1) is 0 Å². The highest BCUT2D eigenvalue weighted by Crippen LogP contribution is 2.48. The number of nitrogens with zero attached hydrogens (tertiary/aromatic N) is 1. The van der Waals surface area contributed by atoms with Gasteiger partial charge in [-0.2, -0.15) is 0 Å². The third-order valence-corrected chi connectivity index (χ3v) is 4.12. The van der Waals surface area contributed by atoms with E-state index >= 15 is 0 Å². The molecule has 0 saturated heterocycles. The van der Waals surface area contributed by atoms with E-state index in [0.717, 1.165) is 12.8 Å². The predicted molar refractivity (Wildman–Crippen MR) is 85.8 cm³/mol. The summed E-state index contributed by atoms with van der Waals surface area (Å²) in [7, 11) is 3.35. The number of hydrogen-bond donors (Lipinski definition) is 1. The topological polar surface area (TPSA) is 58.6 Å². The van der Waals surface area contributed by atoms with Crippen LogP contribution in [0.2, 0.25) is 0 Å². The number of nitrogens with one attached hydrogen (secondary N) is 1. The summed E-state index contributed by atoms with van der Waals surface area (Å²) in [5, 5.41) is 2.84. The van der Waals surface area contributed by atoms with E-state index in [2.05, 4.69) is 12.2 Å². The Balaban J connectivity index is 2.03. The molecule has 5 heteroatoms. The molecular formula is C17H24N2O3. The molecule has 0 aromatic heterocycles. The maximum Gasteiger partial charge on any atom is 0.240 e. The fourth-order valence-electron chi connectivity index (χ4n) is 2.48. The zero-order valence-electron chi connectivity index (χ0n) is 13.5.